The van der Waals surface area contributed by atoms with E-state index in [9.17, 15) is 9.59 Å². The van der Waals surface area contributed by atoms with Gasteiger partial charge in [0.25, 0.3) is 0 Å². The second-order valence-corrected chi connectivity index (χ2v) is 8.10. The lowest BCUT2D eigenvalue weighted by atomic mass is 9.63. The molecule has 1 atom stereocenters. The van der Waals surface area contributed by atoms with Gasteiger partial charge in [0.15, 0.2) is 0 Å². The first-order valence-electron chi connectivity index (χ1n) is 10.3. The van der Waals surface area contributed by atoms with E-state index in [-0.39, 0.29) is 17.5 Å². The third kappa shape index (κ3) is 5.15. The number of likely N-dealkylation sites (tertiary alicyclic amines) is 1. The predicted octanol–water partition coefficient (Wildman–Crippen LogP) is 4.71. The Kier molecular flexibility index (Phi) is 6.76. The summed E-state index contributed by atoms with van der Waals surface area (Å²) in [7, 11) is 0. The van der Waals surface area contributed by atoms with E-state index < -0.39 is 0 Å². The summed E-state index contributed by atoms with van der Waals surface area (Å²) in [5.74, 6) is 0.158. The number of amides is 1. The summed E-state index contributed by atoms with van der Waals surface area (Å²) in [5.41, 5.74) is 2.49. The van der Waals surface area contributed by atoms with Gasteiger partial charge in [-0.1, -0.05) is 42.8 Å². The number of ether oxygens (including phenoxy) is 2. The molecule has 3 rings (SSSR count). The molecule has 2 aliphatic rings. The molecule has 0 aromatic heterocycles. The van der Waals surface area contributed by atoms with Crippen LogP contribution in [0.25, 0.3) is 0 Å². The first kappa shape index (κ1) is 20.4. The van der Waals surface area contributed by atoms with E-state index in [2.05, 4.69) is 6.92 Å². The van der Waals surface area contributed by atoms with Crippen molar-refractivity contribution in [1.82, 2.24) is 4.90 Å². The van der Waals surface area contributed by atoms with E-state index in [0.29, 0.717) is 19.1 Å². The van der Waals surface area contributed by atoms with Crippen molar-refractivity contribution in [3.8, 4) is 0 Å². The standard InChI is InChI=1S/C23H31NO4/c1-3-27-21(25)15-20-9-10-23(16-18(20)2)11-13-24(14-12-23)22(26)28-17-19-7-5-4-6-8-19/h4-8,15,18H,3,9-14,16-17H2,1-2H3/b20-15-. The summed E-state index contributed by atoms with van der Waals surface area (Å²) in [4.78, 5) is 26.0. The van der Waals surface area contributed by atoms with Crippen LogP contribution >= 0.6 is 0 Å². The lowest BCUT2D eigenvalue weighted by Gasteiger charge is -2.46. The fourth-order valence-corrected chi connectivity index (χ4v) is 4.52. The van der Waals surface area contributed by atoms with Gasteiger partial charge >= 0.3 is 12.1 Å². The van der Waals surface area contributed by atoms with E-state index in [1.54, 1.807) is 6.08 Å². The van der Waals surface area contributed by atoms with Crippen LogP contribution in [0.4, 0.5) is 4.79 Å². The fraction of sp³-hybridized carbons (Fsp3) is 0.565. The Labute approximate surface area is 167 Å². The molecule has 1 spiro atoms. The summed E-state index contributed by atoms with van der Waals surface area (Å²) >= 11 is 0. The number of rotatable bonds is 4. The molecule has 1 saturated carbocycles. The van der Waals surface area contributed by atoms with Crippen LogP contribution in [-0.2, 0) is 20.9 Å². The molecular weight excluding hydrogens is 354 g/mol. The molecule has 1 aromatic rings. The van der Waals surface area contributed by atoms with Crippen LogP contribution in [0.5, 0.6) is 0 Å². The number of carbonyl (C=O) groups is 2. The molecule has 0 bridgehead atoms. The van der Waals surface area contributed by atoms with Crippen molar-refractivity contribution in [2.45, 2.75) is 52.6 Å². The van der Waals surface area contributed by atoms with E-state index in [0.717, 1.165) is 50.8 Å². The zero-order valence-electron chi connectivity index (χ0n) is 17.0. The maximum absolute atomic E-state index is 12.4. The molecule has 1 amide bonds. The molecular formula is C23H31NO4. The van der Waals surface area contributed by atoms with Crippen LogP contribution in [0.15, 0.2) is 42.0 Å². The quantitative estimate of drug-likeness (QED) is 0.556. The molecule has 0 radical (unpaired) electrons. The van der Waals surface area contributed by atoms with Crippen LogP contribution in [0.2, 0.25) is 0 Å². The monoisotopic (exact) mass is 385 g/mol. The molecule has 5 heteroatoms. The molecule has 5 nitrogen and oxygen atoms in total. The van der Waals surface area contributed by atoms with Crippen LogP contribution < -0.4 is 0 Å². The Balaban J connectivity index is 1.48. The second-order valence-electron chi connectivity index (χ2n) is 8.10. The first-order valence-corrected chi connectivity index (χ1v) is 10.3. The van der Waals surface area contributed by atoms with Crippen LogP contribution in [0.3, 0.4) is 0 Å². The first-order chi connectivity index (χ1) is 13.5. The zero-order valence-corrected chi connectivity index (χ0v) is 17.0. The van der Waals surface area contributed by atoms with Gasteiger partial charge in [0.1, 0.15) is 6.61 Å². The number of benzene rings is 1. The normalized spacial score (nSPS) is 22.9. The number of carbonyl (C=O) groups excluding carboxylic acids is 2. The molecule has 2 fully saturated rings. The Morgan fingerprint density at radius 2 is 1.86 bits per heavy atom. The van der Waals surface area contributed by atoms with Crippen molar-refractivity contribution in [3.63, 3.8) is 0 Å². The van der Waals surface area contributed by atoms with Crippen LogP contribution in [0.1, 0.15) is 51.5 Å². The third-order valence-electron chi connectivity index (χ3n) is 6.19. The van der Waals surface area contributed by atoms with Crippen molar-refractivity contribution in [3.05, 3.63) is 47.5 Å². The zero-order chi connectivity index (χ0) is 20.0. The van der Waals surface area contributed by atoms with E-state index in [4.69, 9.17) is 9.47 Å². The summed E-state index contributed by atoms with van der Waals surface area (Å²) in [6.45, 7) is 6.26. The Bertz CT molecular complexity index is 705. The second kappa shape index (κ2) is 9.26. The Morgan fingerprint density at radius 1 is 1.14 bits per heavy atom. The lowest BCUT2D eigenvalue weighted by Crippen LogP contribution is -2.45. The molecule has 28 heavy (non-hydrogen) atoms. The van der Waals surface area contributed by atoms with Gasteiger partial charge in [-0.05, 0) is 55.9 Å². The maximum atomic E-state index is 12.4. The smallest absolute Gasteiger partial charge is 0.410 e. The minimum Gasteiger partial charge on any atom is -0.463 e. The van der Waals surface area contributed by atoms with E-state index >= 15 is 0 Å². The average molecular weight is 386 g/mol. The predicted molar refractivity (Wildman–Crippen MR) is 108 cm³/mol. The number of hydrogen-bond acceptors (Lipinski definition) is 4. The van der Waals surface area contributed by atoms with Gasteiger partial charge in [-0.25, -0.2) is 9.59 Å². The number of esters is 1. The highest BCUT2D eigenvalue weighted by Gasteiger charge is 2.40. The molecule has 152 valence electrons. The summed E-state index contributed by atoms with van der Waals surface area (Å²) in [6.07, 6.45) is 6.58. The number of allylic oxidation sites excluding steroid dienone is 1. The molecule has 1 heterocycles. The largest absolute Gasteiger partial charge is 0.463 e. The molecule has 1 aliphatic heterocycles. The Hall–Kier alpha value is -2.30. The van der Waals surface area contributed by atoms with Crippen molar-refractivity contribution in [1.29, 1.82) is 0 Å². The van der Waals surface area contributed by atoms with Crippen LogP contribution in [0, 0.1) is 11.3 Å². The number of piperidine rings is 1. The van der Waals surface area contributed by atoms with Crippen LogP contribution in [-0.4, -0.2) is 36.7 Å². The Morgan fingerprint density at radius 3 is 2.50 bits per heavy atom. The molecule has 1 unspecified atom stereocenters. The van der Waals surface area contributed by atoms with Crippen molar-refractivity contribution >= 4 is 12.1 Å². The maximum Gasteiger partial charge on any atom is 0.410 e. The third-order valence-corrected chi connectivity index (χ3v) is 6.19. The van der Waals surface area contributed by atoms with Gasteiger partial charge in [0.05, 0.1) is 6.61 Å². The lowest BCUT2D eigenvalue weighted by molar-refractivity contribution is -0.137. The minimum atomic E-state index is -0.226. The molecule has 1 aromatic carbocycles. The number of hydrogen-bond donors (Lipinski definition) is 0. The van der Waals surface area contributed by atoms with Gasteiger partial charge in [0.2, 0.25) is 0 Å². The van der Waals surface area contributed by atoms with Crippen molar-refractivity contribution < 1.29 is 19.1 Å². The summed E-state index contributed by atoms with van der Waals surface area (Å²) < 4.78 is 10.5. The highest BCUT2D eigenvalue weighted by Crippen LogP contribution is 2.48. The van der Waals surface area contributed by atoms with Gasteiger partial charge in [-0.2, -0.15) is 0 Å². The molecule has 1 saturated heterocycles. The SMILES string of the molecule is CCOC(=O)/C=C1/CCC2(CCN(C(=O)OCc3ccccc3)CC2)CC1C. The molecule has 1 aliphatic carbocycles. The van der Waals surface area contributed by atoms with Gasteiger partial charge in [-0.15, -0.1) is 0 Å². The average Bonchev–Trinajstić information content (AvgIpc) is 2.70. The number of nitrogens with zero attached hydrogens (tertiary/aromatic N) is 1. The highest BCUT2D eigenvalue weighted by atomic mass is 16.6. The molecule has 0 N–H and O–H groups in total. The highest BCUT2D eigenvalue weighted by molar-refractivity contribution is 5.82. The fourth-order valence-electron chi connectivity index (χ4n) is 4.52. The summed E-state index contributed by atoms with van der Waals surface area (Å²) in [5, 5.41) is 0. The summed E-state index contributed by atoms with van der Waals surface area (Å²) in [6, 6.07) is 9.77. The topological polar surface area (TPSA) is 55.8 Å². The minimum absolute atomic E-state index is 0.217. The van der Waals surface area contributed by atoms with Crippen molar-refractivity contribution in [2.24, 2.45) is 11.3 Å². The van der Waals surface area contributed by atoms with E-state index in [1.807, 2.05) is 42.2 Å². The van der Waals surface area contributed by atoms with Gasteiger partial charge < -0.3 is 14.4 Å². The van der Waals surface area contributed by atoms with E-state index in [1.165, 1.54) is 5.57 Å². The van der Waals surface area contributed by atoms with Gasteiger partial charge in [-0.3, -0.25) is 0 Å². The van der Waals surface area contributed by atoms with Gasteiger partial charge in [0, 0.05) is 19.2 Å². The van der Waals surface area contributed by atoms with Crippen molar-refractivity contribution in [2.75, 3.05) is 19.7 Å².